The van der Waals surface area contributed by atoms with Crippen molar-refractivity contribution in [2.45, 2.75) is 65.7 Å². The Morgan fingerprint density at radius 3 is 2.22 bits per heavy atom. The van der Waals surface area contributed by atoms with Crippen molar-refractivity contribution < 1.29 is 23.8 Å². The smallest absolute Gasteiger partial charge is 0.328 e. The number of benzene rings is 1. The average molecular weight is 399 g/mol. The molecule has 27 heavy (non-hydrogen) atoms. The second kappa shape index (κ2) is 11.9. The number of hydrogen-bond donors (Lipinski definition) is 0. The fraction of sp³-hybridized carbons (Fsp3) is 0.619. The molecule has 0 saturated carbocycles. The van der Waals surface area contributed by atoms with E-state index >= 15 is 0 Å². The quantitative estimate of drug-likeness (QED) is 0.199. The van der Waals surface area contributed by atoms with Gasteiger partial charge in [0.15, 0.2) is 16.9 Å². The number of unbranched alkanes of at least 4 members (excludes halogenated alkanes) is 4. The fourth-order valence-corrected chi connectivity index (χ4v) is 3.00. The topological polar surface area (TPSA) is 61.8 Å². The van der Waals surface area contributed by atoms with Crippen LogP contribution >= 0.6 is 11.6 Å². The van der Waals surface area contributed by atoms with Crippen molar-refractivity contribution in [3.8, 4) is 11.5 Å². The Kier molecular flexibility index (Phi) is 10.2. The summed E-state index contributed by atoms with van der Waals surface area (Å²) in [6.07, 6.45) is 5.87. The van der Waals surface area contributed by atoms with E-state index in [9.17, 15) is 9.59 Å². The normalized spacial score (nSPS) is 11.1. The van der Waals surface area contributed by atoms with Gasteiger partial charge >= 0.3 is 11.9 Å². The number of ether oxygens (including phenoxy) is 3. The lowest BCUT2D eigenvalue weighted by Gasteiger charge is -2.27. The zero-order valence-electron chi connectivity index (χ0n) is 16.8. The summed E-state index contributed by atoms with van der Waals surface area (Å²) in [6.45, 7) is 6.04. The zero-order chi connectivity index (χ0) is 20.3. The molecule has 0 aromatic heterocycles. The second-order valence-electron chi connectivity index (χ2n) is 6.52. The number of methoxy groups -OCH3 is 1. The van der Waals surface area contributed by atoms with Gasteiger partial charge in [-0.05, 0) is 31.4 Å². The third-order valence-corrected chi connectivity index (χ3v) is 5.03. The predicted octanol–water partition coefficient (Wildman–Crippen LogP) is 5.57. The lowest BCUT2D eigenvalue weighted by molar-refractivity contribution is -0.168. The maximum Gasteiger partial charge on any atom is 0.328 e. The van der Waals surface area contributed by atoms with Crippen molar-refractivity contribution in [3.05, 3.63) is 23.2 Å². The molecule has 0 heterocycles. The van der Waals surface area contributed by atoms with E-state index < -0.39 is 17.4 Å². The molecule has 0 N–H and O–H groups in total. The minimum Gasteiger partial charge on any atom is -0.493 e. The van der Waals surface area contributed by atoms with Crippen molar-refractivity contribution >= 4 is 23.5 Å². The van der Waals surface area contributed by atoms with Gasteiger partial charge in [0.25, 0.3) is 0 Å². The number of rotatable bonds is 12. The summed E-state index contributed by atoms with van der Waals surface area (Å²) in [5.41, 5.74) is -1.33. The molecular formula is C21H31ClO5. The molecule has 0 bridgehead atoms. The molecule has 1 rings (SSSR count). The van der Waals surface area contributed by atoms with Crippen LogP contribution in [0.1, 0.15) is 65.7 Å². The highest BCUT2D eigenvalue weighted by molar-refractivity contribution is 6.30. The zero-order valence-corrected chi connectivity index (χ0v) is 17.6. The van der Waals surface area contributed by atoms with Crippen LogP contribution in [0.15, 0.2) is 18.2 Å². The number of hydrogen-bond acceptors (Lipinski definition) is 5. The molecular weight excluding hydrogens is 368 g/mol. The lowest BCUT2D eigenvalue weighted by Crippen LogP contribution is -2.42. The van der Waals surface area contributed by atoms with Gasteiger partial charge in [0, 0.05) is 11.1 Å². The first-order chi connectivity index (χ1) is 12.9. The first-order valence-electron chi connectivity index (χ1n) is 9.68. The van der Waals surface area contributed by atoms with Crippen molar-refractivity contribution in [3.63, 3.8) is 0 Å². The van der Waals surface area contributed by atoms with Crippen LogP contribution in [-0.4, -0.2) is 25.7 Å². The highest BCUT2D eigenvalue weighted by atomic mass is 35.5. The van der Waals surface area contributed by atoms with E-state index in [0.717, 1.165) is 25.7 Å². The first kappa shape index (κ1) is 23.3. The Labute approximate surface area is 167 Å². The van der Waals surface area contributed by atoms with Gasteiger partial charge in [0.2, 0.25) is 0 Å². The number of esters is 2. The highest BCUT2D eigenvalue weighted by Gasteiger charge is 2.46. The van der Waals surface area contributed by atoms with Crippen LogP contribution in [0.4, 0.5) is 0 Å². The van der Waals surface area contributed by atoms with Crippen LogP contribution in [0.2, 0.25) is 5.02 Å². The van der Waals surface area contributed by atoms with Crippen LogP contribution in [0.3, 0.4) is 0 Å². The summed E-state index contributed by atoms with van der Waals surface area (Å²) in [5, 5.41) is 0.464. The molecule has 0 amide bonds. The van der Waals surface area contributed by atoms with Crippen LogP contribution in [0.25, 0.3) is 0 Å². The maximum absolute atomic E-state index is 12.9. The molecule has 5 nitrogen and oxygen atoms in total. The molecule has 6 heteroatoms. The number of carbonyl (C=O) groups is 2. The minimum atomic E-state index is -1.33. The van der Waals surface area contributed by atoms with Crippen molar-refractivity contribution in [1.29, 1.82) is 0 Å². The van der Waals surface area contributed by atoms with Crippen LogP contribution in [-0.2, 0) is 14.3 Å². The van der Waals surface area contributed by atoms with Gasteiger partial charge in [-0.15, -0.1) is 0 Å². The summed E-state index contributed by atoms with van der Waals surface area (Å²) >= 11 is 5.94. The summed E-state index contributed by atoms with van der Waals surface area (Å²) < 4.78 is 16.1. The highest BCUT2D eigenvalue weighted by Crippen LogP contribution is 2.35. The van der Waals surface area contributed by atoms with E-state index in [2.05, 4.69) is 6.92 Å². The van der Waals surface area contributed by atoms with E-state index in [1.165, 1.54) is 13.5 Å². The van der Waals surface area contributed by atoms with Crippen LogP contribution < -0.4 is 9.47 Å². The number of halogens is 1. The van der Waals surface area contributed by atoms with E-state index in [-0.39, 0.29) is 5.75 Å². The van der Waals surface area contributed by atoms with Crippen LogP contribution in [0, 0.1) is 5.41 Å². The lowest BCUT2D eigenvalue weighted by atomic mass is 9.82. The molecule has 0 atom stereocenters. The molecule has 0 unspecified atom stereocenters. The Morgan fingerprint density at radius 2 is 1.63 bits per heavy atom. The van der Waals surface area contributed by atoms with E-state index in [0.29, 0.717) is 30.2 Å². The predicted molar refractivity (Wildman–Crippen MR) is 106 cm³/mol. The van der Waals surface area contributed by atoms with Gasteiger partial charge in [-0.3, -0.25) is 9.59 Å². The van der Waals surface area contributed by atoms with Gasteiger partial charge in [0.1, 0.15) is 0 Å². The summed E-state index contributed by atoms with van der Waals surface area (Å²) in [4.78, 5) is 25.5. The van der Waals surface area contributed by atoms with Gasteiger partial charge in [-0.1, -0.05) is 58.1 Å². The summed E-state index contributed by atoms with van der Waals surface area (Å²) in [6, 6.07) is 4.70. The van der Waals surface area contributed by atoms with Crippen molar-refractivity contribution in [2.75, 3.05) is 13.7 Å². The second-order valence-corrected chi connectivity index (χ2v) is 6.96. The van der Waals surface area contributed by atoms with E-state index in [1.807, 2.05) is 0 Å². The van der Waals surface area contributed by atoms with Crippen LogP contribution in [0.5, 0.6) is 11.5 Å². The van der Waals surface area contributed by atoms with E-state index in [1.54, 1.807) is 32.0 Å². The largest absolute Gasteiger partial charge is 0.493 e. The first-order valence-corrected chi connectivity index (χ1v) is 10.1. The fourth-order valence-electron chi connectivity index (χ4n) is 2.84. The summed E-state index contributed by atoms with van der Waals surface area (Å²) in [5.74, 6) is -0.600. The average Bonchev–Trinajstić information content (AvgIpc) is 2.67. The Morgan fingerprint density at radius 1 is 0.963 bits per heavy atom. The van der Waals surface area contributed by atoms with Crippen molar-refractivity contribution in [2.24, 2.45) is 5.41 Å². The number of carbonyl (C=O) groups excluding carboxylic acids is 2. The van der Waals surface area contributed by atoms with E-state index in [4.69, 9.17) is 25.8 Å². The SMILES string of the molecule is CCCCCCCOC(=O)C(CC)(CC)C(=O)Oc1ccc(Cl)cc1OC. The van der Waals surface area contributed by atoms with Gasteiger partial charge in [-0.25, -0.2) is 0 Å². The molecule has 0 aliphatic carbocycles. The molecule has 0 fully saturated rings. The summed E-state index contributed by atoms with van der Waals surface area (Å²) in [7, 11) is 1.46. The molecule has 0 aliphatic heterocycles. The molecule has 0 aliphatic rings. The molecule has 0 saturated heterocycles. The Balaban J connectivity index is 2.79. The molecule has 152 valence electrons. The third-order valence-electron chi connectivity index (χ3n) is 4.80. The van der Waals surface area contributed by atoms with Gasteiger partial charge < -0.3 is 14.2 Å². The molecule has 0 radical (unpaired) electrons. The molecule has 0 spiro atoms. The monoisotopic (exact) mass is 398 g/mol. The standard InChI is InChI=1S/C21H31ClO5/c1-5-8-9-10-11-14-26-19(23)21(6-2,7-3)20(24)27-17-13-12-16(22)15-18(17)25-4/h12-13,15H,5-11,14H2,1-4H3. The Hall–Kier alpha value is -1.75. The Bertz CT molecular complexity index is 611. The van der Waals surface area contributed by atoms with Crippen molar-refractivity contribution in [1.82, 2.24) is 0 Å². The third kappa shape index (κ3) is 6.42. The minimum absolute atomic E-state index is 0.227. The van der Waals surface area contributed by atoms with Gasteiger partial charge in [0.05, 0.1) is 13.7 Å². The van der Waals surface area contributed by atoms with Gasteiger partial charge in [-0.2, -0.15) is 0 Å². The molecule has 1 aromatic carbocycles. The molecule has 1 aromatic rings. The maximum atomic E-state index is 12.9.